The summed E-state index contributed by atoms with van der Waals surface area (Å²) >= 11 is 7.75. The Morgan fingerprint density at radius 2 is 1.91 bits per heavy atom. The van der Waals surface area contributed by atoms with Crippen LogP contribution in [0.15, 0.2) is 72.8 Å². The molecule has 4 aromatic rings. The van der Waals surface area contributed by atoms with Crippen LogP contribution in [0.2, 0.25) is 5.02 Å². The summed E-state index contributed by atoms with van der Waals surface area (Å²) in [6.07, 6.45) is 0.107. The number of benzene rings is 3. The zero-order valence-electron chi connectivity index (χ0n) is 17.8. The van der Waals surface area contributed by atoms with Gasteiger partial charge in [-0.15, -0.1) is 0 Å². The number of carbonyl (C=O) groups excluding carboxylic acids is 2. The minimum atomic E-state index is -0.535. The molecule has 1 fully saturated rings. The fraction of sp³-hybridized carbons (Fsp3) is 0.160. The smallest absolute Gasteiger partial charge is 0.238 e. The molecule has 1 atom stereocenters. The summed E-state index contributed by atoms with van der Waals surface area (Å²) in [6.45, 7) is 0.257. The van der Waals surface area contributed by atoms with E-state index < -0.39 is 5.92 Å². The van der Waals surface area contributed by atoms with E-state index in [2.05, 4.69) is 0 Å². The fourth-order valence-electron chi connectivity index (χ4n) is 4.00. The monoisotopic (exact) mass is 477 g/mol. The molecule has 0 saturated carbocycles. The number of anilines is 3. The molecular weight excluding hydrogens is 458 g/mol. The summed E-state index contributed by atoms with van der Waals surface area (Å²) in [5.41, 5.74) is 2.08. The van der Waals surface area contributed by atoms with Gasteiger partial charge in [-0.05, 0) is 36.4 Å². The summed E-state index contributed by atoms with van der Waals surface area (Å²) < 4.78 is 6.36. The number of methoxy groups -OCH3 is 1. The normalized spacial score (nSPS) is 15.8. The van der Waals surface area contributed by atoms with Gasteiger partial charge in [-0.3, -0.25) is 14.5 Å². The number of hydrogen-bond acceptors (Lipinski definition) is 5. The molecule has 5 rings (SSSR count). The first kappa shape index (κ1) is 21.4. The molecule has 1 aromatic heterocycles. The highest BCUT2D eigenvalue weighted by Gasteiger charge is 2.39. The second-order valence-corrected chi connectivity index (χ2v) is 9.11. The fourth-order valence-corrected chi connectivity index (χ4v) is 5.23. The van der Waals surface area contributed by atoms with Gasteiger partial charge in [0.25, 0.3) is 0 Å². The van der Waals surface area contributed by atoms with Gasteiger partial charge in [-0.2, -0.15) is 0 Å². The third-order valence-electron chi connectivity index (χ3n) is 5.62. The minimum absolute atomic E-state index is 0.107. The number of amides is 2. The molecule has 1 aliphatic rings. The van der Waals surface area contributed by atoms with Gasteiger partial charge in [0.2, 0.25) is 11.8 Å². The van der Waals surface area contributed by atoms with Gasteiger partial charge in [0, 0.05) is 19.0 Å². The Balaban J connectivity index is 1.53. The molecule has 0 bridgehead atoms. The first-order valence-corrected chi connectivity index (χ1v) is 11.6. The van der Waals surface area contributed by atoms with E-state index in [0.29, 0.717) is 27.3 Å². The third-order valence-corrected chi connectivity index (χ3v) is 6.96. The van der Waals surface area contributed by atoms with Crippen LogP contribution in [0.5, 0.6) is 5.75 Å². The van der Waals surface area contributed by atoms with Gasteiger partial charge in [-0.1, -0.05) is 53.3 Å². The van der Waals surface area contributed by atoms with Crippen molar-refractivity contribution in [3.8, 4) is 5.75 Å². The van der Waals surface area contributed by atoms with Crippen LogP contribution in [0.25, 0.3) is 10.2 Å². The Morgan fingerprint density at radius 3 is 2.70 bits per heavy atom. The zero-order chi connectivity index (χ0) is 22.9. The third kappa shape index (κ3) is 4.05. The summed E-state index contributed by atoms with van der Waals surface area (Å²) in [5, 5.41) is 1.04. The molecule has 166 valence electrons. The van der Waals surface area contributed by atoms with E-state index >= 15 is 0 Å². The Hall–Kier alpha value is -3.42. The highest BCUT2D eigenvalue weighted by Crippen LogP contribution is 2.38. The molecule has 6 nitrogen and oxygen atoms in total. The standard InChI is InChI=1S/C25H20ClN3O3S/c1-32-18-8-6-7-17(14-18)29(25-27-20-10-3-5-12-22(20)33-25)24(31)16-13-23(30)28(15-16)21-11-4-2-9-19(21)26/h2-12,14,16H,13,15H2,1H3. The van der Waals surface area contributed by atoms with Gasteiger partial charge in [0.1, 0.15) is 5.75 Å². The lowest BCUT2D eigenvalue weighted by Gasteiger charge is -2.24. The maximum Gasteiger partial charge on any atom is 0.238 e. The van der Waals surface area contributed by atoms with Gasteiger partial charge in [-0.25, -0.2) is 4.98 Å². The lowest BCUT2D eigenvalue weighted by Crippen LogP contribution is -2.34. The Labute approximate surface area is 200 Å². The van der Waals surface area contributed by atoms with E-state index in [9.17, 15) is 9.59 Å². The number of aromatic nitrogens is 1. The van der Waals surface area contributed by atoms with E-state index in [0.717, 1.165) is 10.2 Å². The predicted octanol–water partition coefficient (Wildman–Crippen LogP) is 5.68. The number of hydrogen-bond donors (Lipinski definition) is 0. The second-order valence-electron chi connectivity index (χ2n) is 7.70. The van der Waals surface area contributed by atoms with Crippen molar-refractivity contribution in [1.29, 1.82) is 0 Å². The van der Waals surface area contributed by atoms with Crippen LogP contribution in [0.1, 0.15) is 6.42 Å². The molecule has 0 radical (unpaired) electrons. The molecule has 1 aliphatic heterocycles. The van der Waals surface area contributed by atoms with E-state index in [1.807, 2.05) is 54.6 Å². The number of nitrogens with zero attached hydrogens (tertiary/aromatic N) is 3. The Morgan fingerprint density at radius 1 is 1.12 bits per heavy atom. The minimum Gasteiger partial charge on any atom is -0.497 e. The van der Waals surface area contributed by atoms with E-state index in [-0.39, 0.29) is 24.8 Å². The lowest BCUT2D eigenvalue weighted by molar-refractivity contribution is -0.123. The van der Waals surface area contributed by atoms with Crippen molar-refractivity contribution in [3.05, 3.63) is 77.8 Å². The van der Waals surface area contributed by atoms with Crippen LogP contribution in [0.4, 0.5) is 16.5 Å². The van der Waals surface area contributed by atoms with Crippen LogP contribution < -0.4 is 14.5 Å². The Kier molecular flexibility index (Phi) is 5.74. The molecule has 0 aliphatic carbocycles. The van der Waals surface area contributed by atoms with Crippen molar-refractivity contribution < 1.29 is 14.3 Å². The lowest BCUT2D eigenvalue weighted by atomic mass is 10.1. The number of ether oxygens (including phenoxy) is 1. The quantitative estimate of drug-likeness (QED) is 0.371. The molecule has 33 heavy (non-hydrogen) atoms. The van der Waals surface area contributed by atoms with E-state index in [4.69, 9.17) is 21.3 Å². The molecule has 2 amide bonds. The number of rotatable bonds is 5. The van der Waals surface area contributed by atoms with Crippen molar-refractivity contribution in [2.24, 2.45) is 5.92 Å². The summed E-state index contributed by atoms with van der Waals surface area (Å²) in [7, 11) is 1.58. The predicted molar refractivity (Wildman–Crippen MR) is 132 cm³/mol. The second kappa shape index (κ2) is 8.84. The van der Waals surface area contributed by atoms with Gasteiger partial charge < -0.3 is 9.64 Å². The molecule has 2 heterocycles. The van der Waals surface area contributed by atoms with Crippen LogP contribution in [-0.4, -0.2) is 30.5 Å². The van der Waals surface area contributed by atoms with Gasteiger partial charge in [0.15, 0.2) is 5.13 Å². The SMILES string of the molecule is COc1cccc(N(C(=O)C2CC(=O)N(c3ccccc3Cl)C2)c2nc3ccccc3s2)c1. The van der Waals surface area contributed by atoms with Crippen molar-refractivity contribution in [1.82, 2.24) is 4.98 Å². The highest BCUT2D eigenvalue weighted by molar-refractivity contribution is 7.22. The topological polar surface area (TPSA) is 62.7 Å². The Bertz CT molecular complexity index is 1320. The molecular formula is C25H20ClN3O3S. The molecule has 0 N–H and O–H groups in total. The first-order chi connectivity index (χ1) is 16.0. The molecule has 3 aromatic carbocycles. The first-order valence-electron chi connectivity index (χ1n) is 10.4. The maximum atomic E-state index is 13.9. The maximum absolute atomic E-state index is 13.9. The number of para-hydroxylation sites is 2. The van der Waals surface area contributed by atoms with Crippen LogP contribution in [0.3, 0.4) is 0 Å². The average Bonchev–Trinajstić information content (AvgIpc) is 3.43. The van der Waals surface area contributed by atoms with Crippen molar-refractivity contribution in [3.63, 3.8) is 0 Å². The molecule has 0 spiro atoms. The zero-order valence-corrected chi connectivity index (χ0v) is 19.3. The van der Waals surface area contributed by atoms with E-state index in [1.54, 1.807) is 35.1 Å². The molecule has 1 unspecified atom stereocenters. The summed E-state index contributed by atoms with van der Waals surface area (Å²) in [4.78, 5) is 34.6. The van der Waals surface area contributed by atoms with Crippen LogP contribution in [0, 0.1) is 5.92 Å². The average molecular weight is 478 g/mol. The number of carbonyl (C=O) groups is 2. The summed E-state index contributed by atoms with van der Waals surface area (Å²) in [6, 6.07) is 22.2. The molecule has 8 heteroatoms. The van der Waals surface area contributed by atoms with Crippen LogP contribution >= 0.6 is 22.9 Å². The van der Waals surface area contributed by atoms with Gasteiger partial charge >= 0.3 is 0 Å². The van der Waals surface area contributed by atoms with Crippen molar-refractivity contribution in [2.75, 3.05) is 23.5 Å². The van der Waals surface area contributed by atoms with Crippen LogP contribution in [-0.2, 0) is 9.59 Å². The summed E-state index contributed by atoms with van der Waals surface area (Å²) in [5.74, 6) is -0.222. The molecule has 1 saturated heterocycles. The largest absolute Gasteiger partial charge is 0.497 e. The van der Waals surface area contributed by atoms with E-state index in [1.165, 1.54) is 11.3 Å². The number of thiazole rings is 1. The number of halogens is 1. The van der Waals surface area contributed by atoms with Crippen molar-refractivity contribution in [2.45, 2.75) is 6.42 Å². The van der Waals surface area contributed by atoms with Crippen molar-refractivity contribution >= 4 is 61.5 Å². The van der Waals surface area contributed by atoms with Gasteiger partial charge in [0.05, 0.1) is 39.6 Å². The highest BCUT2D eigenvalue weighted by atomic mass is 35.5. The number of fused-ring (bicyclic) bond motifs is 1.